The number of anilines is 1. The molecule has 32 heavy (non-hydrogen) atoms. The van der Waals surface area contributed by atoms with Crippen LogP contribution in [-0.4, -0.2) is 58.0 Å². The largest absolute Gasteiger partial charge is 0.497 e. The lowest BCUT2D eigenvalue weighted by molar-refractivity contribution is 0.318. The molecule has 8 nitrogen and oxygen atoms in total. The van der Waals surface area contributed by atoms with Gasteiger partial charge in [-0.05, 0) is 24.5 Å². The predicted octanol–water partition coefficient (Wildman–Crippen LogP) is 2.26. The van der Waals surface area contributed by atoms with Crippen LogP contribution in [0.25, 0.3) is 11.0 Å². The minimum Gasteiger partial charge on any atom is -0.497 e. The summed E-state index contributed by atoms with van der Waals surface area (Å²) in [5.41, 5.74) is 8.07. The lowest BCUT2D eigenvalue weighted by atomic mass is 10.2. The molecular formula is C24H24N6O2. The summed E-state index contributed by atoms with van der Waals surface area (Å²) in [6.07, 6.45) is 9.80. The van der Waals surface area contributed by atoms with Crippen molar-refractivity contribution in [3.63, 3.8) is 0 Å². The number of nitrogens with zero attached hydrogens (tertiary/aromatic N) is 5. The molecule has 0 spiro atoms. The first-order chi connectivity index (χ1) is 15.6. The molecule has 0 saturated carbocycles. The van der Waals surface area contributed by atoms with Crippen LogP contribution in [0.1, 0.15) is 23.7 Å². The van der Waals surface area contributed by atoms with Crippen molar-refractivity contribution in [2.45, 2.75) is 18.5 Å². The summed E-state index contributed by atoms with van der Waals surface area (Å²) >= 11 is 0. The number of benzene rings is 1. The highest BCUT2D eigenvalue weighted by atomic mass is 16.5. The van der Waals surface area contributed by atoms with Gasteiger partial charge in [-0.1, -0.05) is 17.9 Å². The van der Waals surface area contributed by atoms with Crippen molar-refractivity contribution in [2.75, 3.05) is 33.0 Å². The number of hydrogen-bond acceptors (Lipinski definition) is 7. The molecule has 4 rings (SSSR count). The molecule has 1 aromatic carbocycles. The number of nitrogen functional groups attached to an aromatic ring is 1. The van der Waals surface area contributed by atoms with Crippen LogP contribution >= 0.6 is 0 Å². The number of rotatable bonds is 5. The predicted molar refractivity (Wildman–Crippen MR) is 123 cm³/mol. The highest BCUT2D eigenvalue weighted by molar-refractivity contribution is 5.90. The lowest BCUT2D eigenvalue weighted by Crippen LogP contribution is -2.28. The standard InChI is InChI=1S/C24H24N6O2/c1-5-9-29-14-18(12-17(29)6-2)30-24-22(23(25)26-15-27-24)21(28-30)8-7-16-10-19(31-3)13-20(11-16)32-4/h2,5,10-11,13,15,17-18H,1,9,12,14H2,3-4H3,(H2,25,26,27)/t17-,18+/m1/s1. The van der Waals surface area contributed by atoms with E-state index in [1.165, 1.54) is 6.33 Å². The highest BCUT2D eigenvalue weighted by Gasteiger charge is 2.33. The Morgan fingerprint density at radius 1 is 1.22 bits per heavy atom. The van der Waals surface area contributed by atoms with Gasteiger partial charge < -0.3 is 15.2 Å². The Kier molecular flexibility index (Phi) is 5.98. The van der Waals surface area contributed by atoms with Gasteiger partial charge in [-0.3, -0.25) is 4.90 Å². The molecule has 0 bridgehead atoms. The van der Waals surface area contributed by atoms with Crippen molar-refractivity contribution in [2.24, 2.45) is 0 Å². The van der Waals surface area contributed by atoms with Crippen molar-refractivity contribution >= 4 is 16.9 Å². The molecule has 3 aromatic rings. The van der Waals surface area contributed by atoms with Gasteiger partial charge in [-0.15, -0.1) is 13.0 Å². The van der Waals surface area contributed by atoms with E-state index in [2.05, 4.69) is 39.2 Å². The normalized spacial score (nSPS) is 18.0. The van der Waals surface area contributed by atoms with E-state index in [-0.39, 0.29) is 12.1 Å². The third-order valence-electron chi connectivity index (χ3n) is 5.48. The van der Waals surface area contributed by atoms with Gasteiger partial charge in [-0.25, -0.2) is 14.6 Å². The van der Waals surface area contributed by atoms with E-state index in [9.17, 15) is 0 Å². The number of terminal acetylenes is 1. The summed E-state index contributed by atoms with van der Waals surface area (Å²) in [6.45, 7) is 5.28. The van der Waals surface area contributed by atoms with Crippen LogP contribution in [0.4, 0.5) is 5.82 Å². The second-order valence-electron chi connectivity index (χ2n) is 7.42. The van der Waals surface area contributed by atoms with E-state index >= 15 is 0 Å². The molecule has 0 unspecified atom stereocenters. The van der Waals surface area contributed by atoms with Gasteiger partial charge in [0, 0.05) is 24.7 Å². The van der Waals surface area contributed by atoms with Crippen LogP contribution in [0, 0.1) is 24.2 Å². The smallest absolute Gasteiger partial charge is 0.164 e. The lowest BCUT2D eigenvalue weighted by Gasteiger charge is -2.17. The van der Waals surface area contributed by atoms with Crippen LogP contribution in [-0.2, 0) is 0 Å². The number of aromatic nitrogens is 4. The summed E-state index contributed by atoms with van der Waals surface area (Å²) < 4.78 is 12.5. The van der Waals surface area contributed by atoms with Crippen molar-refractivity contribution < 1.29 is 9.47 Å². The maximum atomic E-state index is 6.19. The van der Waals surface area contributed by atoms with E-state index in [0.717, 1.165) is 18.5 Å². The van der Waals surface area contributed by atoms with E-state index < -0.39 is 0 Å². The molecule has 2 N–H and O–H groups in total. The first-order valence-corrected chi connectivity index (χ1v) is 10.1. The van der Waals surface area contributed by atoms with Crippen molar-refractivity contribution in [1.29, 1.82) is 0 Å². The SMILES string of the molecule is C#C[C@@H]1C[C@H](n2nc(C#Cc3cc(OC)cc(OC)c3)c3c(N)ncnc32)CN1CC=C. The molecule has 1 aliphatic rings. The molecule has 1 aliphatic heterocycles. The third-order valence-corrected chi connectivity index (χ3v) is 5.48. The minimum atomic E-state index is 0.00946. The molecule has 0 radical (unpaired) electrons. The summed E-state index contributed by atoms with van der Waals surface area (Å²) in [7, 11) is 3.19. The van der Waals surface area contributed by atoms with Crippen molar-refractivity contribution in [3.05, 3.63) is 48.4 Å². The summed E-state index contributed by atoms with van der Waals surface area (Å²) in [5.74, 6) is 10.8. The number of likely N-dealkylation sites (tertiary alicyclic amines) is 1. The number of nitrogens with two attached hydrogens (primary N) is 1. The fourth-order valence-electron chi connectivity index (χ4n) is 3.95. The number of ether oxygens (including phenoxy) is 2. The molecule has 3 heterocycles. The molecule has 2 atom stereocenters. The first-order valence-electron chi connectivity index (χ1n) is 10.1. The molecule has 2 aromatic heterocycles. The molecule has 1 saturated heterocycles. The van der Waals surface area contributed by atoms with Crippen molar-refractivity contribution in [3.8, 4) is 35.7 Å². The molecule has 0 aliphatic carbocycles. The second-order valence-corrected chi connectivity index (χ2v) is 7.42. The summed E-state index contributed by atoms with van der Waals surface area (Å²) in [5, 5.41) is 5.41. The van der Waals surface area contributed by atoms with Crippen LogP contribution in [0.2, 0.25) is 0 Å². The summed E-state index contributed by atoms with van der Waals surface area (Å²) in [6, 6.07) is 5.50. The minimum absolute atomic E-state index is 0.00946. The van der Waals surface area contributed by atoms with Crippen LogP contribution in [0.15, 0.2) is 37.2 Å². The van der Waals surface area contributed by atoms with Crippen LogP contribution in [0.5, 0.6) is 11.5 Å². The second kappa shape index (κ2) is 9.01. The Balaban J connectivity index is 1.76. The van der Waals surface area contributed by atoms with Gasteiger partial charge in [0.2, 0.25) is 0 Å². The van der Waals surface area contributed by atoms with Crippen LogP contribution in [0.3, 0.4) is 0 Å². The zero-order valence-corrected chi connectivity index (χ0v) is 18.1. The van der Waals surface area contributed by atoms with Crippen LogP contribution < -0.4 is 15.2 Å². The van der Waals surface area contributed by atoms with E-state index in [1.807, 2.05) is 22.9 Å². The maximum Gasteiger partial charge on any atom is 0.164 e. The van der Waals surface area contributed by atoms with E-state index in [4.69, 9.17) is 26.7 Å². The molecule has 0 amide bonds. The molecule has 1 fully saturated rings. The maximum absolute atomic E-state index is 6.19. The monoisotopic (exact) mass is 428 g/mol. The Morgan fingerprint density at radius 2 is 1.97 bits per heavy atom. The van der Waals surface area contributed by atoms with Gasteiger partial charge in [0.1, 0.15) is 29.3 Å². The number of hydrogen-bond donors (Lipinski definition) is 1. The average Bonchev–Trinajstić information content (AvgIpc) is 3.39. The van der Waals surface area contributed by atoms with Gasteiger partial charge in [-0.2, -0.15) is 5.10 Å². The fraction of sp³-hybridized carbons (Fsp3) is 0.292. The van der Waals surface area contributed by atoms with E-state index in [0.29, 0.717) is 40.6 Å². The number of fused-ring (bicyclic) bond motifs is 1. The van der Waals surface area contributed by atoms with E-state index in [1.54, 1.807) is 20.3 Å². The average molecular weight is 428 g/mol. The summed E-state index contributed by atoms with van der Waals surface area (Å²) in [4.78, 5) is 10.8. The van der Waals surface area contributed by atoms with Gasteiger partial charge in [0.05, 0.1) is 31.7 Å². The first kappa shape index (κ1) is 21.2. The van der Waals surface area contributed by atoms with Gasteiger partial charge in [0.25, 0.3) is 0 Å². The highest BCUT2D eigenvalue weighted by Crippen LogP contribution is 2.31. The van der Waals surface area contributed by atoms with Gasteiger partial charge in [0.15, 0.2) is 5.65 Å². The third kappa shape index (κ3) is 3.96. The molecular weight excluding hydrogens is 404 g/mol. The quantitative estimate of drug-likeness (QED) is 0.492. The Morgan fingerprint density at radius 3 is 2.62 bits per heavy atom. The number of methoxy groups -OCH3 is 2. The Hall–Kier alpha value is -4.01. The van der Waals surface area contributed by atoms with Gasteiger partial charge >= 0.3 is 0 Å². The molecule has 8 heteroatoms. The van der Waals surface area contributed by atoms with Crippen molar-refractivity contribution in [1.82, 2.24) is 24.6 Å². The topological polar surface area (TPSA) is 91.3 Å². The zero-order valence-electron chi connectivity index (χ0n) is 18.1. The zero-order chi connectivity index (χ0) is 22.7. The Bertz CT molecular complexity index is 1240. The fourth-order valence-corrected chi connectivity index (χ4v) is 3.95. The molecule has 162 valence electrons. The Labute approximate surface area is 187 Å².